The third-order valence-corrected chi connectivity index (χ3v) is 5.61. The molecule has 0 aliphatic carbocycles. The molecule has 0 unspecified atom stereocenters. The lowest BCUT2D eigenvalue weighted by molar-refractivity contribution is 0.295. The molecule has 2 aromatic carbocycles. The highest BCUT2D eigenvalue weighted by Gasteiger charge is 2.17. The van der Waals surface area contributed by atoms with Gasteiger partial charge >= 0.3 is 0 Å². The molecule has 0 bridgehead atoms. The summed E-state index contributed by atoms with van der Waals surface area (Å²) in [6.45, 7) is 1.95. The van der Waals surface area contributed by atoms with E-state index in [1.807, 2.05) is 24.3 Å². The zero-order valence-electron chi connectivity index (χ0n) is 16.2. The number of nitriles is 1. The van der Waals surface area contributed by atoms with Gasteiger partial charge in [0.2, 0.25) is 0 Å². The molecule has 0 fully saturated rings. The maximum Gasteiger partial charge on any atom is 0.175 e. The van der Waals surface area contributed by atoms with E-state index in [2.05, 4.69) is 11.2 Å². The minimum atomic E-state index is -3.30. The van der Waals surface area contributed by atoms with Crippen molar-refractivity contribution in [3.63, 3.8) is 0 Å². The molecule has 3 rings (SSSR count). The molecule has 1 N–H and O–H groups in total. The summed E-state index contributed by atoms with van der Waals surface area (Å²) < 4.78 is 30.8. The topological polar surface area (TPSA) is 105 Å². The van der Waals surface area contributed by atoms with Crippen molar-refractivity contribution in [1.29, 1.82) is 5.26 Å². The maximum absolute atomic E-state index is 11.7. The van der Waals surface area contributed by atoms with E-state index in [1.54, 1.807) is 23.7 Å². The van der Waals surface area contributed by atoms with E-state index in [0.717, 1.165) is 11.8 Å². The third-order valence-electron chi connectivity index (χ3n) is 4.48. The Kier molecular flexibility index (Phi) is 6.01. The van der Waals surface area contributed by atoms with Gasteiger partial charge in [-0.2, -0.15) is 10.4 Å². The van der Waals surface area contributed by atoms with E-state index in [9.17, 15) is 13.7 Å². The summed E-state index contributed by atoms with van der Waals surface area (Å²) in [6.07, 6.45) is 1.73. The molecule has 0 atom stereocenters. The summed E-state index contributed by atoms with van der Waals surface area (Å²) >= 11 is 0. The minimum absolute atomic E-state index is 0.0856. The van der Waals surface area contributed by atoms with Gasteiger partial charge < -0.3 is 9.84 Å². The van der Waals surface area contributed by atoms with Crippen molar-refractivity contribution in [2.24, 2.45) is 0 Å². The smallest absolute Gasteiger partial charge is 0.175 e. The fourth-order valence-electron chi connectivity index (χ4n) is 2.94. The largest absolute Gasteiger partial charge is 0.487 e. The predicted octanol–water partition coefficient (Wildman–Crippen LogP) is 2.57. The van der Waals surface area contributed by atoms with Crippen LogP contribution in [-0.2, 0) is 22.9 Å². The first kappa shape index (κ1) is 20.6. The number of hydrogen-bond donors (Lipinski definition) is 1. The first-order chi connectivity index (χ1) is 13.8. The molecule has 3 aromatic rings. The molecule has 0 spiro atoms. The van der Waals surface area contributed by atoms with Gasteiger partial charge in [0.05, 0.1) is 22.0 Å². The van der Waals surface area contributed by atoms with E-state index in [0.29, 0.717) is 34.8 Å². The molecule has 0 aliphatic heterocycles. The Hall–Kier alpha value is -3.15. The van der Waals surface area contributed by atoms with Crippen LogP contribution >= 0.6 is 0 Å². The van der Waals surface area contributed by atoms with Gasteiger partial charge in [0.25, 0.3) is 0 Å². The van der Waals surface area contributed by atoms with Gasteiger partial charge in [0.15, 0.2) is 9.84 Å². The van der Waals surface area contributed by atoms with Crippen molar-refractivity contribution in [2.75, 3.05) is 12.9 Å². The van der Waals surface area contributed by atoms with Gasteiger partial charge in [0, 0.05) is 12.9 Å². The van der Waals surface area contributed by atoms with Gasteiger partial charge in [-0.05, 0) is 55.3 Å². The van der Waals surface area contributed by atoms with Crippen LogP contribution in [0.2, 0.25) is 0 Å². The zero-order chi connectivity index (χ0) is 21.0. The molecular weight excluding hydrogens is 390 g/mol. The Morgan fingerprint density at radius 1 is 1.14 bits per heavy atom. The average molecular weight is 411 g/mol. The van der Waals surface area contributed by atoms with Crippen LogP contribution in [0.5, 0.6) is 5.75 Å². The highest BCUT2D eigenvalue weighted by atomic mass is 32.2. The average Bonchev–Trinajstić information content (AvgIpc) is 3.02. The zero-order valence-corrected chi connectivity index (χ0v) is 17.0. The third kappa shape index (κ3) is 4.65. The highest BCUT2D eigenvalue weighted by molar-refractivity contribution is 7.90. The number of aliphatic hydroxyl groups is 1. The van der Waals surface area contributed by atoms with E-state index in [4.69, 9.17) is 9.84 Å². The Balaban J connectivity index is 1.89. The molecule has 0 saturated heterocycles. The number of nitrogens with zero attached hydrogens (tertiary/aromatic N) is 3. The van der Waals surface area contributed by atoms with Crippen molar-refractivity contribution in [1.82, 2.24) is 9.78 Å². The Morgan fingerprint density at radius 2 is 1.79 bits per heavy atom. The van der Waals surface area contributed by atoms with Crippen molar-refractivity contribution in [3.8, 4) is 17.5 Å². The molecule has 0 amide bonds. The SMILES string of the molecule is Cc1nn(-c2ccc(S(C)(=O)=O)cc2)c(COc2ccc(CCO)cc2)c1C#N. The van der Waals surface area contributed by atoms with Crippen LogP contribution < -0.4 is 4.74 Å². The first-order valence-corrected chi connectivity index (χ1v) is 10.8. The second kappa shape index (κ2) is 8.47. The molecule has 8 heteroatoms. The molecule has 1 aromatic heterocycles. The number of sulfone groups is 1. The van der Waals surface area contributed by atoms with Crippen molar-refractivity contribution in [3.05, 3.63) is 71.0 Å². The van der Waals surface area contributed by atoms with Crippen LogP contribution in [0, 0.1) is 18.3 Å². The Labute approximate surface area is 169 Å². The quantitative estimate of drug-likeness (QED) is 0.641. The number of aryl methyl sites for hydroxylation is 1. The van der Waals surface area contributed by atoms with E-state index < -0.39 is 9.84 Å². The first-order valence-electron chi connectivity index (χ1n) is 8.95. The predicted molar refractivity (Wildman–Crippen MR) is 108 cm³/mol. The van der Waals surface area contributed by atoms with Crippen LogP contribution in [0.3, 0.4) is 0 Å². The lowest BCUT2D eigenvalue weighted by Crippen LogP contribution is -2.07. The fourth-order valence-corrected chi connectivity index (χ4v) is 3.57. The van der Waals surface area contributed by atoms with Crippen LogP contribution in [0.4, 0.5) is 0 Å². The van der Waals surface area contributed by atoms with Crippen LogP contribution in [0.15, 0.2) is 53.4 Å². The maximum atomic E-state index is 11.7. The second-order valence-corrected chi connectivity index (χ2v) is 8.62. The van der Waals surface area contributed by atoms with Gasteiger partial charge in [-0.25, -0.2) is 13.1 Å². The van der Waals surface area contributed by atoms with Gasteiger partial charge in [-0.1, -0.05) is 12.1 Å². The summed E-state index contributed by atoms with van der Waals surface area (Å²) in [5.74, 6) is 0.633. The molecule has 0 aliphatic rings. The van der Waals surface area contributed by atoms with Crippen molar-refractivity contribution < 1.29 is 18.3 Å². The summed E-state index contributed by atoms with van der Waals surface area (Å²) in [6, 6.07) is 15.9. The van der Waals surface area contributed by atoms with Gasteiger partial charge in [-0.15, -0.1) is 0 Å². The van der Waals surface area contributed by atoms with Crippen molar-refractivity contribution >= 4 is 9.84 Å². The van der Waals surface area contributed by atoms with Crippen LogP contribution in [-0.4, -0.2) is 36.2 Å². The number of aromatic nitrogens is 2. The second-order valence-electron chi connectivity index (χ2n) is 6.60. The van der Waals surface area contributed by atoms with Crippen LogP contribution in [0.25, 0.3) is 5.69 Å². The highest BCUT2D eigenvalue weighted by Crippen LogP contribution is 2.22. The minimum Gasteiger partial charge on any atom is -0.487 e. The van der Waals surface area contributed by atoms with Crippen LogP contribution in [0.1, 0.15) is 22.5 Å². The number of benzene rings is 2. The van der Waals surface area contributed by atoms with E-state index in [1.165, 1.54) is 12.1 Å². The molecule has 0 radical (unpaired) electrons. The summed E-state index contributed by atoms with van der Waals surface area (Å²) in [5.41, 5.74) is 3.21. The normalized spacial score (nSPS) is 11.2. The molecule has 150 valence electrons. The van der Waals surface area contributed by atoms with Gasteiger partial charge in [0.1, 0.15) is 24.0 Å². The molecule has 29 heavy (non-hydrogen) atoms. The molecule has 0 saturated carbocycles. The molecule has 1 heterocycles. The summed E-state index contributed by atoms with van der Waals surface area (Å²) in [7, 11) is -3.30. The molecular formula is C21H21N3O4S. The number of rotatable bonds is 7. The Morgan fingerprint density at radius 3 is 2.34 bits per heavy atom. The fraction of sp³-hybridized carbons (Fsp3) is 0.238. The molecule has 7 nitrogen and oxygen atoms in total. The number of hydrogen-bond acceptors (Lipinski definition) is 6. The Bertz CT molecular complexity index is 1140. The van der Waals surface area contributed by atoms with Gasteiger partial charge in [-0.3, -0.25) is 0 Å². The lowest BCUT2D eigenvalue weighted by atomic mass is 10.1. The van der Waals surface area contributed by atoms with E-state index >= 15 is 0 Å². The number of ether oxygens (including phenoxy) is 1. The standard InChI is InChI=1S/C21H21N3O4S/c1-15-20(13-22)21(14-28-18-7-3-16(4-8-18)11-12-25)24(23-15)17-5-9-19(10-6-17)29(2,26)27/h3-10,25H,11-12,14H2,1-2H3. The summed E-state index contributed by atoms with van der Waals surface area (Å²) in [5, 5.41) is 23.0. The monoisotopic (exact) mass is 411 g/mol. The van der Waals surface area contributed by atoms with Crippen molar-refractivity contribution in [2.45, 2.75) is 24.8 Å². The van der Waals surface area contributed by atoms with E-state index in [-0.39, 0.29) is 18.1 Å². The summed E-state index contributed by atoms with van der Waals surface area (Å²) in [4.78, 5) is 0.214. The lowest BCUT2D eigenvalue weighted by Gasteiger charge is -2.11. The number of aliphatic hydroxyl groups excluding tert-OH is 1.